The van der Waals surface area contributed by atoms with E-state index in [1.807, 2.05) is 47.4 Å². The number of hydrogen-bond acceptors (Lipinski definition) is 7. The minimum Gasteiger partial charge on any atom is -0.497 e. The number of hydrogen-bond donors (Lipinski definition) is 0. The number of carbonyl (C=O) groups excluding carboxylic acids is 1. The van der Waals surface area contributed by atoms with Gasteiger partial charge in [-0.2, -0.15) is 0 Å². The minimum atomic E-state index is -0.0693. The monoisotopic (exact) mass is 458 g/mol. The van der Waals surface area contributed by atoms with Gasteiger partial charge < -0.3 is 19.4 Å². The lowest BCUT2D eigenvalue weighted by Gasteiger charge is -2.33. The summed E-state index contributed by atoms with van der Waals surface area (Å²) in [6, 6.07) is 13.3. The molecule has 1 unspecified atom stereocenters. The summed E-state index contributed by atoms with van der Waals surface area (Å²) >= 11 is 0. The number of rotatable bonds is 5. The van der Waals surface area contributed by atoms with Crippen molar-refractivity contribution in [2.75, 3.05) is 51.8 Å². The van der Waals surface area contributed by atoms with Gasteiger partial charge in [0.15, 0.2) is 5.82 Å². The van der Waals surface area contributed by atoms with Crippen molar-refractivity contribution in [3.63, 3.8) is 0 Å². The summed E-state index contributed by atoms with van der Waals surface area (Å²) < 4.78 is 5.34. The van der Waals surface area contributed by atoms with Crippen LogP contribution in [0.4, 0.5) is 5.82 Å². The van der Waals surface area contributed by atoms with Gasteiger partial charge in [0.2, 0.25) is 0 Å². The average Bonchev–Trinajstić information content (AvgIpc) is 3.39. The van der Waals surface area contributed by atoms with E-state index in [0.29, 0.717) is 17.9 Å². The highest BCUT2D eigenvalue weighted by Gasteiger charge is 2.32. The van der Waals surface area contributed by atoms with Crippen LogP contribution in [0.5, 0.6) is 5.75 Å². The molecule has 2 aliphatic rings. The van der Waals surface area contributed by atoms with Crippen molar-refractivity contribution < 1.29 is 9.53 Å². The molecule has 1 amide bonds. The molecule has 176 valence electrons. The number of aromatic nitrogens is 3. The van der Waals surface area contributed by atoms with Crippen LogP contribution in [0.15, 0.2) is 54.9 Å². The molecule has 8 nitrogen and oxygen atoms in total. The number of amides is 1. The van der Waals surface area contributed by atoms with Gasteiger partial charge in [-0.1, -0.05) is 12.1 Å². The predicted molar refractivity (Wildman–Crippen MR) is 131 cm³/mol. The Labute approximate surface area is 200 Å². The Morgan fingerprint density at radius 1 is 1.00 bits per heavy atom. The molecule has 2 saturated heterocycles. The van der Waals surface area contributed by atoms with E-state index in [1.54, 1.807) is 19.5 Å². The first-order valence-corrected chi connectivity index (χ1v) is 11.8. The number of piperazine rings is 1. The molecule has 0 spiro atoms. The minimum absolute atomic E-state index is 0.0295. The van der Waals surface area contributed by atoms with Gasteiger partial charge in [-0.05, 0) is 50.2 Å². The lowest BCUT2D eigenvalue weighted by molar-refractivity contribution is 0.0732. The number of likely N-dealkylation sites (tertiary alicyclic amines) is 1. The van der Waals surface area contributed by atoms with E-state index in [-0.39, 0.29) is 11.9 Å². The molecule has 5 rings (SSSR count). The number of methoxy groups -OCH3 is 1. The highest BCUT2D eigenvalue weighted by atomic mass is 16.5. The molecule has 3 aromatic rings. The first-order chi connectivity index (χ1) is 16.6. The molecule has 0 aliphatic carbocycles. The number of anilines is 1. The lowest BCUT2D eigenvalue weighted by atomic mass is 10.1. The van der Waals surface area contributed by atoms with E-state index >= 15 is 0 Å². The Kier molecular flexibility index (Phi) is 6.40. The van der Waals surface area contributed by atoms with Crippen molar-refractivity contribution in [3.05, 3.63) is 66.1 Å². The maximum atomic E-state index is 13.6. The quantitative estimate of drug-likeness (QED) is 0.581. The van der Waals surface area contributed by atoms with Gasteiger partial charge in [-0.15, -0.1) is 0 Å². The molecular weight excluding hydrogens is 428 g/mol. The largest absolute Gasteiger partial charge is 0.497 e. The number of likely N-dealkylation sites (N-methyl/N-ethyl adjacent to an activating group) is 1. The molecule has 34 heavy (non-hydrogen) atoms. The fourth-order valence-electron chi connectivity index (χ4n) is 4.70. The van der Waals surface area contributed by atoms with E-state index in [1.165, 1.54) is 0 Å². The SMILES string of the molecule is COc1cccc(-c2nccc(C3CCCN3C(=O)c3ccnc(N4CCN(C)CC4)c3)n2)c1. The molecule has 2 aromatic heterocycles. The first-order valence-electron chi connectivity index (χ1n) is 11.8. The van der Waals surface area contributed by atoms with E-state index < -0.39 is 0 Å². The molecule has 0 bridgehead atoms. The van der Waals surface area contributed by atoms with Crippen LogP contribution in [0, 0.1) is 0 Å². The number of nitrogens with zero attached hydrogens (tertiary/aromatic N) is 6. The zero-order chi connectivity index (χ0) is 23.5. The fraction of sp³-hybridized carbons (Fsp3) is 0.385. The molecule has 1 aromatic carbocycles. The summed E-state index contributed by atoms with van der Waals surface area (Å²) in [6.45, 7) is 4.55. The van der Waals surface area contributed by atoms with Crippen LogP contribution in [-0.2, 0) is 0 Å². The number of ether oxygens (including phenoxy) is 1. The number of benzene rings is 1. The van der Waals surface area contributed by atoms with Crippen molar-refractivity contribution in [1.82, 2.24) is 24.8 Å². The highest BCUT2D eigenvalue weighted by molar-refractivity contribution is 5.95. The lowest BCUT2D eigenvalue weighted by Crippen LogP contribution is -2.44. The molecule has 8 heteroatoms. The van der Waals surface area contributed by atoms with Gasteiger partial charge >= 0.3 is 0 Å². The van der Waals surface area contributed by atoms with E-state index in [9.17, 15) is 4.79 Å². The topological polar surface area (TPSA) is 74.7 Å². The van der Waals surface area contributed by atoms with Crippen LogP contribution in [0.2, 0.25) is 0 Å². The fourth-order valence-corrected chi connectivity index (χ4v) is 4.70. The smallest absolute Gasteiger partial charge is 0.254 e. The van der Waals surface area contributed by atoms with Crippen molar-refractivity contribution in [3.8, 4) is 17.1 Å². The zero-order valence-corrected chi connectivity index (χ0v) is 19.7. The van der Waals surface area contributed by atoms with Crippen molar-refractivity contribution >= 4 is 11.7 Å². The second-order valence-electron chi connectivity index (χ2n) is 8.89. The van der Waals surface area contributed by atoms with Crippen LogP contribution in [0.1, 0.15) is 34.9 Å². The van der Waals surface area contributed by atoms with Gasteiger partial charge in [0.05, 0.1) is 18.8 Å². The molecule has 0 radical (unpaired) electrons. The normalized spacial score (nSPS) is 18.8. The summed E-state index contributed by atoms with van der Waals surface area (Å²) in [4.78, 5) is 33.9. The Balaban J connectivity index is 1.37. The van der Waals surface area contributed by atoms with Crippen molar-refractivity contribution in [1.29, 1.82) is 0 Å². The summed E-state index contributed by atoms with van der Waals surface area (Å²) in [5.41, 5.74) is 2.44. The van der Waals surface area contributed by atoms with Crippen LogP contribution in [-0.4, -0.2) is 77.5 Å². The Hall–Kier alpha value is -3.52. The summed E-state index contributed by atoms with van der Waals surface area (Å²) in [5.74, 6) is 2.30. The molecular formula is C26H30N6O2. The molecule has 2 fully saturated rings. The molecule has 0 saturated carbocycles. The highest BCUT2D eigenvalue weighted by Crippen LogP contribution is 2.33. The van der Waals surface area contributed by atoms with E-state index in [2.05, 4.69) is 26.8 Å². The van der Waals surface area contributed by atoms with E-state index in [0.717, 1.165) is 61.8 Å². The van der Waals surface area contributed by atoms with Crippen LogP contribution >= 0.6 is 0 Å². The summed E-state index contributed by atoms with van der Waals surface area (Å²) in [5, 5.41) is 0. The van der Waals surface area contributed by atoms with Gasteiger partial charge in [-0.25, -0.2) is 15.0 Å². The van der Waals surface area contributed by atoms with Crippen molar-refractivity contribution in [2.24, 2.45) is 0 Å². The maximum Gasteiger partial charge on any atom is 0.254 e. The van der Waals surface area contributed by atoms with E-state index in [4.69, 9.17) is 9.72 Å². The Morgan fingerprint density at radius 3 is 2.65 bits per heavy atom. The number of pyridine rings is 1. The number of carbonyl (C=O) groups is 1. The Bertz CT molecular complexity index is 1160. The third-order valence-electron chi connectivity index (χ3n) is 6.68. The third-order valence-corrected chi connectivity index (χ3v) is 6.68. The molecule has 1 atom stereocenters. The maximum absolute atomic E-state index is 13.6. The van der Waals surface area contributed by atoms with Gasteiger partial charge in [0.1, 0.15) is 11.6 Å². The third kappa shape index (κ3) is 4.59. The standard InChI is InChI=1S/C26H30N6O2/c1-30-13-15-31(16-14-30)24-18-20(8-10-27-24)26(33)32-12-4-7-23(32)22-9-11-28-25(29-22)19-5-3-6-21(17-19)34-2/h3,5-6,8-11,17-18,23H,4,7,12-16H2,1-2H3. The molecule has 2 aliphatic heterocycles. The summed E-state index contributed by atoms with van der Waals surface area (Å²) in [7, 11) is 3.78. The van der Waals surface area contributed by atoms with Crippen LogP contribution in [0.3, 0.4) is 0 Å². The second-order valence-corrected chi connectivity index (χ2v) is 8.89. The zero-order valence-electron chi connectivity index (χ0n) is 19.7. The van der Waals surface area contributed by atoms with Crippen molar-refractivity contribution in [2.45, 2.75) is 18.9 Å². The molecule has 0 N–H and O–H groups in total. The first kappa shape index (κ1) is 22.3. The van der Waals surface area contributed by atoms with Crippen LogP contribution in [0.25, 0.3) is 11.4 Å². The average molecular weight is 459 g/mol. The van der Waals surface area contributed by atoms with Gasteiger partial charge in [-0.3, -0.25) is 4.79 Å². The Morgan fingerprint density at radius 2 is 1.82 bits per heavy atom. The van der Waals surface area contributed by atoms with Crippen LogP contribution < -0.4 is 9.64 Å². The van der Waals surface area contributed by atoms with Gasteiger partial charge in [0.25, 0.3) is 5.91 Å². The summed E-state index contributed by atoms with van der Waals surface area (Å²) in [6.07, 6.45) is 5.36. The predicted octanol–water partition coefficient (Wildman–Crippen LogP) is 3.28. The second kappa shape index (κ2) is 9.77. The molecule has 4 heterocycles. The van der Waals surface area contributed by atoms with Gasteiger partial charge in [0, 0.05) is 56.2 Å².